The number of nitrogens with one attached hydrogen (secondary N) is 1. The molecule has 3 amide bonds. The Hall–Kier alpha value is -2.93. The number of carbonyl (C=O) groups excluding carboxylic acids is 2. The Labute approximate surface area is 167 Å². The van der Waals surface area contributed by atoms with Crippen molar-refractivity contribution in [1.29, 1.82) is 0 Å². The zero-order chi connectivity index (χ0) is 19.5. The molecule has 2 heterocycles. The highest BCUT2D eigenvalue weighted by Gasteiger charge is 2.27. The van der Waals surface area contributed by atoms with Crippen LogP contribution >= 0.6 is 11.3 Å². The summed E-state index contributed by atoms with van der Waals surface area (Å²) in [6.07, 6.45) is 1.28. The largest absolute Gasteiger partial charge is 0.324 e. The smallest absolute Gasteiger partial charge is 0.321 e. The summed E-state index contributed by atoms with van der Waals surface area (Å²) in [6, 6.07) is 17.3. The molecule has 1 aliphatic heterocycles. The number of rotatable bonds is 2. The molecule has 0 aliphatic carbocycles. The Morgan fingerprint density at radius 1 is 1.04 bits per heavy atom. The van der Waals surface area contributed by atoms with Gasteiger partial charge in [0, 0.05) is 31.7 Å². The fraction of sp³-hybridized carbons (Fsp3) is 0.286. The van der Waals surface area contributed by atoms with Crippen molar-refractivity contribution in [3.05, 3.63) is 59.4 Å². The Morgan fingerprint density at radius 2 is 1.71 bits per heavy atom. The van der Waals surface area contributed by atoms with Gasteiger partial charge in [-0.1, -0.05) is 41.7 Å². The molecule has 1 aliphatic rings. The predicted molar refractivity (Wildman–Crippen MR) is 111 cm³/mol. The molecule has 0 saturated carbocycles. The van der Waals surface area contributed by atoms with E-state index in [-0.39, 0.29) is 17.9 Å². The van der Waals surface area contributed by atoms with E-state index in [9.17, 15) is 9.59 Å². The molecule has 3 aromatic rings. The van der Waals surface area contributed by atoms with Gasteiger partial charge in [0.15, 0.2) is 4.80 Å². The molecule has 1 N–H and O–H groups in total. The predicted octanol–water partition coefficient (Wildman–Crippen LogP) is 3.61. The number of hydrogen-bond acceptors (Lipinski definition) is 3. The Morgan fingerprint density at radius 3 is 2.43 bits per heavy atom. The van der Waals surface area contributed by atoms with E-state index in [4.69, 9.17) is 0 Å². The first kappa shape index (κ1) is 18.4. The van der Waals surface area contributed by atoms with Crippen LogP contribution in [0.3, 0.4) is 0 Å². The van der Waals surface area contributed by atoms with Crippen LogP contribution in [0.15, 0.2) is 59.6 Å². The highest BCUT2D eigenvalue weighted by atomic mass is 32.1. The molecule has 0 unspecified atom stereocenters. The maximum Gasteiger partial charge on any atom is 0.321 e. The van der Waals surface area contributed by atoms with E-state index in [0.717, 1.165) is 20.7 Å². The highest BCUT2D eigenvalue weighted by Crippen LogP contribution is 2.20. The first-order valence-electron chi connectivity index (χ1n) is 9.36. The summed E-state index contributed by atoms with van der Waals surface area (Å²) >= 11 is 1.52. The summed E-state index contributed by atoms with van der Waals surface area (Å²) in [5.74, 6) is -0.226. The Bertz CT molecular complexity index is 1060. The van der Waals surface area contributed by atoms with Crippen LogP contribution in [0.4, 0.5) is 10.5 Å². The summed E-state index contributed by atoms with van der Waals surface area (Å²) in [4.78, 5) is 31.9. The van der Waals surface area contributed by atoms with E-state index in [0.29, 0.717) is 25.9 Å². The maximum atomic E-state index is 12.7. The van der Waals surface area contributed by atoms with Crippen molar-refractivity contribution in [2.75, 3.05) is 18.4 Å². The van der Waals surface area contributed by atoms with Gasteiger partial charge < -0.3 is 14.8 Å². The molecule has 1 aromatic heterocycles. The third-order valence-electron chi connectivity index (χ3n) is 5.08. The van der Waals surface area contributed by atoms with Crippen molar-refractivity contribution in [2.24, 2.45) is 18.0 Å². The van der Waals surface area contributed by atoms with Crippen molar-refractivity contribution in [3.63, 3.8) is 0 Å². The molecule has 28 heavy (non-hydrogen) atoms. The van der Waals surface area contributed by atoms with Gasteiger partial charge in [-0.15, -0.1) is 0 Å². The monoisotopic (exact) mass is 394 g/mol. The third-order valence-corrected chi connectivity index (χ3v) is 6.19. The molecule has 0 atom stereocenters. The average molecular weight is 395 g/mol. The van der Waals surface area contributed by atoms with Gasteiger partial charge in [0.2, 0.25) is 0 Å². The van der Waals surface area contributed by atoms with Crippen molar-refractivity contribution in [2.45, 2.75) is 12.8 Å². The number of nitrogens with zero attached hydrogens (tertiary/aromatic N) is 3. The molecule has 0 radical (unpaired) electrons. The maximum absolute atomic E-state index is 12.7. The fourth-order valence-corrected chi connectivity index (χ4v) is 4.45. The zero-order valence-electron chi connectivity index (χ0n) is 15.7. The van der Waals surface area contributed by atoms with Crippen LogP contribution in [0.2, 0.25) is 0 Å². The van der Waals surface area contributed by atoms with Gasteiger partial charge in [-0.3, -0.25) is 4.79 Å². The second-order valence-electron chi connectivity index (χ2n) is 6.92. The lowest BCUT2D eigenvalue weighted by molar-refractivity contribution is -0.123. The van der Waals surface area contributed by atoms with E-state index in [1.165, 1.54) is 11.3 Å². The van der Waals surface area contributed by atoms with Crippen LogP contribution in [0.5, 0.6) is 0 Å². The Kier molecular flexibility index (Phi) is 5.25. The van der Waals surface area contributed by atoms with Gasteiger partial charge in [-0.2, -0.15) is 4.99 Å². The van der Waals surface area contributed by atoms with Crippen molar-refractivity contribution in [3.8, 4) is 0 Å². The minimum Gasteiger partial charge on any atom is -0.324 e. The SMILES string of the molecule is Cn1c(=NC(=O)C2CCN(C(=O)Nc3ccccc3)CC2)sc2ccccc21. The lowest BCUT2D eigenvalue weighted by atomic mass is 9.96. The number of benzene rings is 2. The van der Waals surface area contributed by atoms with Gasteiger partial charge in [0.1, 0.15) is 0 Å². The number of para-hydroxylation sites is 2. The summed E-state index contributed by atoms with van der Waals surface area (Å²) < 4.78 is 3.07. The van der Waals surface area contributed by atoms with Crippen LogP contribution in [0.1, 0.15) is 12.8 Å². The minimum atomic E-state index is -0.133. The number of thiazole rings is 1. The fourth-order valence-electron chi connectivity index (χ4n) is 3.43. The molecular formula is C21H22N4O2S. The highest BCUT2D eigenvalue weighted by molar-refractivity contribution is 7.16. The van der Waals surface area contributed by atoms with Gasteiger partial charge >= 0.3 is 6.03 Å². The van der Waals surface area contributed by atoms with Crippen LogP contribution in [0, 0.1) is 5.92 Å². The lowest BCUT2D eigenvalue weighted by Crippen LogP contribution is -2.42. The summed E-state index contributed by atoms with van der Waals surface area (Å²) in [5, 5.41) is 2.89. The van der Waals surface area contributed by atoms with Crippen molar-refractivity contribution in [1.82, 2.24) is 9.47 Å². The number of aromatic nitrogens is 1. The van der Waals surface area contributed by atoms with Crippen molar-refractivity contribution >= 4 is 39.2 Å². The molecule has 2 aromatic carbocycles. The number of likely N-dealkylation sites (tertiary alicyclic amines) is 1. The van der Waals surface area contributed by atoms with Crippen LogP contribution in [-0.4, -0.2) is 34.5 Å². The first-order chi connectivity index (χ1) is 13.6. The van der Waals surface area contributed by atoms with Crippen molar-refractivity contribution < 1.29 is 9.59 Å². The second kappa shape index (κ2) is 7.98. The summed E-state index contributed by atoms with van der Waals surface area (Å²) in [5.41, 5.74) is 1.85. The zero-order valence-corrected chi connectivity index (χ0v) is 16.5. The molecule has 0 spiro atoms. The van der Waals surface area contributed by atoms with E-state index in [1.54, 1.807) is 4.90 Å². The molecule has 1 saturated heterocycles. The van der Waals surface area contributed by atoms with E-state index in [1.807, 2.05) is 66.2 Å². The van der Waals surface area contributed by atoms with E-state index in [2.05, 4.69) is 10.3 Å². The third kappa shape index (κ3) is 3.84. The molecule has 0 bridgehead atoms. The minimum absolute atomic E-state index is 0.0923. The molecule has 4 rings (SSSR count). The quantitative estimate of drug-likeness (QED) is 0.721. The number of piperidine rings is 1. The summed E-state index contributed by atoms with van der Waals surface area (Å²) in [6.45, 7) is 1.12. The van der Waals surface area contributed by atoms with Gasteiger partial charge in [0.05, 0.1) is 10.2 Å². The number of amides is 3. The molecule has 6 nitrogen and oxygen atoms in total. The number of hydrogen-bond donors (Lipinski definition) is 1. The summed E-state index contributed by atoms with van der Waals surface area (Å²) in [7, 11) is 1.93. The number of fused-ring (bicyclic) bond motifs is 1. The van der Waals surface area contributed by atoms with E-state index >= 15 is 0 Å². The lowest BCUT2D eigenvalue weighted by Gasteiger charge is -2.30. The number of anilines is 1. The van der Waals surface area contributed by atoms with Gasteiger partial charge in [-0.25, -0.2) is 4.79 Å². The standard InChI is InChI=1S/C21H22N4O2S/c1-24-17-9-5-6-10-18(17)28-21(24)23-19(26)15-11-13-25(14-12-15)20(27)22-16-7-3-2-4-8-16/h2-10,15H,11-14H2,1H3,(H,22,27). The van der Waals surface area contributed by atoms with Crippen LogP contribution < -0.4 is 10.1 Å². The number of urea groups is 1. The van der Waals surface area contributed by atoms with Gasteiger partial charge in [-0.05, 0) is 37.1 Å². The Balaban J connectivity index is 1.40. The second-order valence-corrected chi connectivity index (χ2v) is 7.93. The molecular weight excluding hydrogens is 372 g/mol. The van der Waals surface area contributed by atoms with Crippen LogP contribution in [0.25, 0.3) is 10.2 Å². The molecule has 7 heteroatoms. The first-order valence-corrected chi connectivity index (χ1v) is 10.2. The van der Waals surface area contributed by atoms with E-state index < -0.39 is 0 Å². The normalized spacial score (nSPS) is 15.8. The molecule has 144 valence electrons. The number of carbonyl (C=O) groups is 2. The molecule has 1 fully saturated rings. The topological polar surface area (TPSA) is 66.7 Å². The number of aryl methyl sites for hydroxylation is 1. The average Bonchev–Trinajstić information content (AvgIpc) is 3.04. The van der Waals surface area contributed by atoms with Gasteiger partial charge in [0.25, 0.3) is 5.91 Å². The van der Waals surface area contributed by atoms with Crippen LogP contribution in [-0.2, 0) is 11.8 Å².